The SMILES string of the molecule is Cc1cc(C)c(/C=C/C2CCCCN2)c(C)c1. The van der Waals surface area contributed by atoms with E-state index in [1.165, 1.54) is 48.1 Å². The van der Waals surface area contributed by atoms with E-state index in [0.29, 0.717) is 6.04 Å². The van der Waals surface area contributed by atoms with Crippen molar-refractivity contribution in [3.8, 4) is 0 Å². The highest BCUT2D eigenvalue weighted by Crippen LogP contribution is 2.19. The molecule has 0 saturated carbocycles. The summed E-state index contributed by atoms with van der Waals surface area (Å²) in [7, 11) is 0. The van der Waals surface area contributed by atoms with Gasteiger partial charge in [-0.3, -0.25) is 0 Å². The molecule has 1 fully saturated rings. The standard InChI is InChI=1S/C16H23N/c1-12-10-13(2)16(14(3)11-12)8-7-15-6-4-5-9-17-15/h7-8,10-11,15,17H,4-6,9H2,1-3H3/b8-7+. The van der Waals surface area contributed by atoms with Gasteiger partial charge in [0.2, 0.25) is 0 Å². The van der Waals surface area contributed by atoms with Crippen LogP contribution < -0.4 is 5.32 Å². The summed E-state index contributed by atoms with van der Waals surface area (Å²) in [5.41, 5.74) is 5.51. The van der Waals surface area contributed by atoms with Gasteiger partial charge in [-0.15, -0.1) is 0 Å². The number of rotatable bonds is 2. The van der Waals surface area contributed by atoms with Gasteiger partial charge in [0.1, 0.15) is 0 Å². The normalized spacial score (nSPS) is 21.0. The van der Waals surface area contributed by atoms with E-state index in [2.05, 4.69) is 50.4 Å². The van der Waals surface area contributed by atoms with Crippen molar-refractivity contribution in [1.29, 1.82) is 0 Å². The first-order valence-electron chi connectivity index (χ1n) is 6.66. The third kappa shape index (κ3) is 3.19. The topological polar surface area (TPSA) is 12.0 Å². The first-order chi connectivity index (χ1) is 8.16. The largest absolute Gasteiger partial charge is 0.311 e. The lowest BCUT2D eigenvalue weighted by molar-refractivity contribution is 0.455. The van der Waals surface area contributed by atoms with Crippen LogP contribution in [0.4, 0.5) is 0 Å². The molecular weight excluding hydrogens is 206 g/mol. The minimum absolute atomic E-state index is 0.573. The molecule has 0 spiro atoms. The van der Waals surface area contributed by atoms with E-state index in [1.54, 1.807) is 0 Å². The molecule has 1 nitrogen and oxygen atoms in total. The summed E-state index contributed by atoms with van der Waals surface area (Å²) in [4.78, 5) is 0. The van der Waals surface area contributed by atoms with E-state index in [1.807, 2.05) is 0 Å². The van der Waals surface area contributed by atoms with Gasteiger partial charge in [0.25, 0.3) is 0 Å². The number of aryl methyl sites for hydroxylation is 3. The molecule has 1 aliphatic rings. The lowest BCUT2D eigenvalue weighted by Gasteiger charge is -2.20. The molecule has 1 saturated heterocycles. The molecule has 1 aromatic rings. The predicted octanol–water partition coefficient (Wildman–Crippen LogP) is 3.77. The Morgan fingerprint density at radius 3 is 2.41 bits per heavy atom. The summed E-state index contributed by atoms with van der Waals surface area (Å²) in [5.74, 6) is 0. The molecule has 17 heavy (non-hydrogen) atoms. The first-order valence-corrected chi connectivity index (χ1v) is 6.66. The van der Waals surface area contributed by atoms with E-state index in [0.717, 1.165) is 0 Å². The van der Waals surface area contributed by atoms with Crippen LogP contribution in [-0.2, 0) is 0 Å². The molecule has 1 aromatic carbocycles. The molecule has 0 aromatic heterocycles. The average molecular weight is 229 g/mol. The third-order valence-electron chi connectivity index (χ3n) is 3.58. The van der Waals surface area contributed by atoms with Gasteiger partial charge in [-0.25, -0.2) is 0 Å². The molecule has 1 N–H and O–H groups in total. The van der Waals surface area contributed by atoms with Gasteiger partial charge >= 0.3 is 0 Å². The van der Waals surface area contributed by atoms with Gasteiger partial charge in [-0.2, -0.15) is 0 Å². The van der Waals surface area contributed by atoms with E-state index in [9.17, 15) is 0 Å². The summed E-state index contributed by atoms with van der Waals surface area (Å²) in [5, 5.41) is 3.55. The Labute approximate surface area is 105 Å². The Morgan fingerprint density at radius 2 is 1.82 bits per heavy atom. The maximum atomic E-state index is 3.55. The van der Waals surface area contributed by atoms with Crippen molar-refractivity contribution in [3.05, 3.63) is 40.5 Å². The molecule has 0 radical (unpaired) electrons. The van der Waals surface area contributed by atoms with Crippen molar-refractivity contribution in [2.45, 2.75) is 46.1 Å². The molecular formula is C16H23N. The van der Waals surface area contributed by atoms with E-state index in [4.69, 9.17) is 0 Å². The Hall–Kier alpha value is -1.08. The maximum absolute atomic E-state index is 3.55. The molecule has 0 amide bonds. The second-order valence-corrected chi connectivity index (χ2v) is 5.23. The van der Waals surface area contributed by atoms with Crippen molar-refractivity contribution < 1.29 is 0 Å². The van der Waals surface area contributed by atoms with Crippen LogP contribution in [0.25, 0.3) is 6.08 Å². The second-order valence-electron chi connectivity index (χ2n) is 5.23. The number of benzene rings is 1. The van der Waals surface area contributed by atoms with E-state index < -0.39 is 0 Å². The first kappa shape index (κ1) is 12.4. The Balaban J connectivity index is 2.14. The van der Waals surface area contributed by atoms with Crippen LogP contribution in [0.2, 0.25) is 0 Å². The zero-order valence-electron chi connectivity index (χ0n) is 11.2. The van der Waals surface area contributed by atoms with Crippen LogP contribution in [0, 0.1) is 20.8 Å². The maximum Gasteiger partial charge on any atom is 0.0253 e. The summed E-state index contributed by atoms with van der Waals surface area (Å²) in [6.07, 6.45) is 8.60. The molecule has 0 aliphatic carbocycles. The summed E-state index contributed by atoms with van der Waals surface area (Å²) in [6, 6.07) is 5.10. The fraction of sp³-hybridized carbons (Fsp3) is 0.500. The molecule has 1 atom stereocenters. The average Bonchev–Trinajstić information content (AvgIpc) is 2.29. The summed E-state index contributed by atoms with van der Waals surface area (Å²) in [6.45, 7) is 7.74. The zero-order chi connectivity index (χ0) is 12.3. The highest BCUT2D eigenvalue weighted by molar-refractivity contribution is 5.59. The summed E-state index contributed by atoms with van der Waals surface area (Å²) >= 11 is 0. The van der Waals surface area contributed by atoms with Crippen molar-refractivity contribution in [2.75, 3.05) is 6.54 Å². The molecule has 92 valence electrons. The quantitative estimate of drug-likeness (QED) is 0.814. The van der Waals surface area contributed by atoms with Gasteiger partial charge in [0.05, 0.1) is 0 Å². The minimum atomic E-state index is 0.573. The lowest BCUT2D eigenvalue weighted by Crippen LogP contribution is -2.32. The second kappa shape index (κ2) is 5.50. The molecule has 1 heteroatoms. The minimum Gasteiger partial charge on any atom is -0.311 e. The van der Waals surface area contributed by atoms with E-state index >= 15 is 0 Å². The van der Waals surface area contributed by atoms with Crippen LogP contribution in [0.5, 0.6) is 0 Å². The van der Waals surface area contributed by atoms with Gasteiger partial charge < -0.3 is 5.32 Å². The Bertz CT molecular complexity index is 389. The molecule has 0 bridgehead atoms. The van der Waals surface area contributed by atoms with E-state index in [-0.39, 0.29) is 0 Å². The van der Waals surface area contributed by atoms with Gasteiger partial charge in [0.15, 0.2) is 0 Å². The fourth-order valence-electron chi connectivity index (χ4n) is 2.71. The molecule has 1 unspecified atom stereocenters. The molecule has 2 rings (SSSR count). The number of nitrogens with one attached hydrogen (secondary N) is 1. The predicted molar refractivity (Wildman–Crippen MR) is 75.3 cm³/mol. The highest BCUT2D eigenvalue weighted by Gasteiger charge is 2.09. The van der Waals surface area contributed by atoms with Crippen LogP contribution in [0.15, 0.2) is 18.2 Å². The fourth-order valence-corrected chi connectivity index (χ4v) is 2.71. The van der Waals surface area contributed by atoms with Gasteiger partial charge in [-0.05, 0) is 56.8 Å². The van der Waals surface area contributed by atoms with Gasteiger partial charge in [-0.1, -0.05) is 36.3 Å². The van der Waals surface area contributed by atoms with Crippen molar-refractivity contribution in [1.82, 2.24) is 5.32 Å². The van der Waals surface area contributed by atoms with Crippen molar-refractivity contribution >= 4 is 6.08 Å². The Morgan fingerprint density at radius 1 is 1.12 bits per heavy atom. The van der Waals surface area contributed by atoms with Crippen LogP contribution in [0.3, 0.4) is 0 Å². The number of piperidine rings is 1. The zero-order valence-corrected chi connectivity index (χ0v) is 11.2. The van der Waals surface area contributed by atoms with Crippen LogP contribution in [0.1, 0.15) is 41.5 Å². The summed E-state index contributed by atoms with van der Waals surface area (Å²) < 4.78 is 0. The molecule has 1 aliphatic heterocycles. The van der Waals surface area contributed by atoms with Crippen LogP contribution >= 0.6 is 0 Å². The number of hydrogen-bond donors (Lipinski definition) is 1. The monoisotopic (exact) mass is 229 g/mol. The van der Waals surface area contributed by atoms with Gasteiger partial charge in [0, 0.05) is 6.04 Å². The Kier molecular flexibility index (Phi) is 4.01. The highest BCUT2D eigenvalue weighted by atomic mass is 14.9. The third-order valence-corrected chi connectivity index (χ3v) is 3.58. The molecule has 1 heterocycles. The lowest BCUT2D eigenvalue weighted by atomic mass is 9.97. The smallest absolute Gasteiger partial charge is 0.0253 e. The van der Waals surface area contributed by atoms with Crippen LogP contribution in [-0.4, -0.2) is 12.6 Å². The van der Waals surface area contributed by atoms with Crippen molar-refractivity contribution in [2.24, 2.45) is 0 Å². The van der Waals surface area contributed by atoms with Crippen molar-refractivity contribution in [3.63, 3.8) is 0 Å². The number of hydrogen-bond acceptors (Lipinski definition) is 1.